The van der Waals surface area contributed by atoms with Gasteiger partial charge >= 0.3 is 0 Å². The lowest BCUT2D eigenvalue weighted by atomic mass is 10.0. The third-order valence-corrected chi connectivity index (χ3v) is 2.92. The minimum absolute atomic E-state index is 0.305. The summed E-state index contributed by atoms with van der Waals surface area (Å²) in [5.74, 6) is 0. The molecule has 0 aliphatic rings. The quantitative estimate of drug-likeness (QED) is 0.519. The minimum atomic E-state index is 0.305. The fourth-order valence-electron chi connectivity index (χ4n) is 1.83. The number of rotatable bonds is 11. The number of hydrogen-bond donors (Lipinski definition) is 2. The van der Waals surface area contributed by atoms with Crippen molar-refractivity contribution in [3.05, 3.63) is 0 Å². The average Bonchev–Trinajstić information content (AvgIpc) is 2.26. The summed E-state index contributed by atoms with van der Waals surface area (Å²) in [5, 5.41) is 12.2. The molecule has 0 fully saturated rings. The van der Waals surface area contributed by atoms with Crippen LogP contribution in [-0.4, -0.2) is 24.3 Å². The lowest BCUT2D eigenvalue weighted by molar-refractivity contribution is 0.281. The van der Waals surface area contributed by atoms with Gasteiger partial charge in [-0.15, -0.1) is 0 Å². The molecule has 2 N–H and O–H groups in total. The topological polar surface area (TPSA) is 32.3 Å². The Bertz CT molecular complexity index is 117. The van der Waals surface area contributed by atoms with Crippen LogP contribution in [0.15, 0.2) is 0 Å². The molecule has 2 nitrogen and oxygen atoms in total. The maximum Gasteiger partial charge on any atom is 0.0443 e. The van der Waals surface area contributed by atoms with Crippen LogP contribution in [0.5, 0.6) is 0 Å². The van der Waals surface area contributed by atoms with Crippen molar-refractivity contribution in [2.75, 3.05) is 13.2 Å². The molecule has 0 saturated heterocycles. The van der Waals surface area contributed by atoms with E-state index < -0.39 is 0 Å². The summed E-state index contributed by atoms with van der Waals surface area (Å²) in [7, 11) is 0. The fraction of sp³-hybridized carbons (Fsp3) is 1.00. The third kappa shape index (κ3) is 10.2. The van der Waals surface area contributed by atoms with Crippen molar-refractivity contribution < 1.29 is 5.11 Å². The summed E-state index contributed by atoms with van der Waals surface area (Å²) in [6.45, 7) is 5.76. The second-order valence-electron chi connectivity index (χ2n) is 4.34. The molecule has 0 saturated carbocycles. The summed E-state index contributed by atoms with van der Waals surface area (Å²) < 4.78 is 0. The van der Waals surface area contributed by atoms with E-state index in [2.05, 4.69) is 19.2 Å². The van der Waals surface area contributed by atoms with E-state index in [0.29, 0.717) is 12.6 Å². The molecule has 0 aliphatic heterocycles. The first-order valence-corrected chi connectivity index (χ1v) is 6.69. The molecule has 0 spiro atoms. The summed E-state index contributed by atoms with van der Waals surface area (Å²) in [5.41, 5.74) is 0. The molecule has 0 radical (unpaired) electrons. The van der Waals surface area contributed by atoms with E-state index in [0.717, 1.165) is 13.0 Å². The number of aliphatic hydroxyl groups excluding tert-OH is 1. The molecule has 0 bridgehead atoms. The number of aliphatic hydroxyl groups is 1. The van der Waals surface area contributed by atoms with Crippen LogP contribution in [0.1, 0.15) is 65.2 Å². The van der Waals surface area contributed by atoms with Gasteiger partial charge in [-0.25, -0.2) is 0 Å². The summed E-state index contributed by atoms with van der Waals surface area (Å²) in [6.07, 6.45) is 10.2. The van der Waals surface area contributed by atoms with Crippen LogP contribution in [0, 0.1) is 0 Å². The minimum Gasteiger partial charge on any atom is -0.396 e. The van der Waals surface area contributed by atoms with Crippen molar-refractivity contribution >= 4 is 0 Å². The first-order chi connectivity index (χ1) is 7.35. The van der Waals surface area contributed by atoms with Gasteiger partial charge in [-0.1, -0.05) is 46.0 Å². The van der Waals surface area contributed by atoms with Gasteiger partial charge in [0.05, 0.1) is 0 Å². The van der Waals surface area contributed by atoms with Crippen LogP contribution in [0.25, 0.3) is 0 Å². The summed E-state index contributed by atoms with van der Waals surface area (Å²) in [6, 6.07) is 0.665. The maximum absolute atomic E-state index is 8.69. The van der Waals surface area contributed by atoms with Crippen LogP contribution in [-0.2, 0) is 0 Å². The molecule has 0 aromatic carbocycles. The molecule has 0 amide bonds. The first kappa shape index (κ1) is 14.9. The van der Waals surface area contributed by atoms with Crippen LogP contribution in [0.3, 0.4) is 0 Å². The lowest BCUT2D eigenvalue weighted by Gasteiger charge is -2.16. The van der Waals surface area contributed by atoms with Crippen LogP contribution in [0.4, 0.5) is 0 Å². The second-order valence-corrected chi connectivity index (χ2v) is 4.34. The smallest absolute Gasteiger partial charge is 0.0443 e. The Morgan fingerprint density at radius 2 is 1.73 bits per heavy atom. The van der Waals surface area contributed by atoms with Crippen molar-refractivity contribution in [1.82, 2.24) is 5.32 Å². The summed E-state index contributed by atoms with van der Waals surface area (Å²) in [4.78, 5) is 0. The van der Waals surface area contributed by atoms with Gasteiger partial charge in [0.1, 0.15) is 0 Å². The van der Waals surface area contributed by atoms with E-state index in [1.807, 2.05) is 0 Å². The van der Waals surface area contributed by atoms with Gasteiger partial charge in [0, 0.05) is 12.6 Å². The Morgan fingerprint density at radius 1 is 1.00 bits per heavy atom. The van der Waals surface area contributed by atoms with Crippen molar-refractivity contribution in [2.24, 2.45) is 0 Å². The van der Waals surface area contributed by atoms with Gasteiger partial charge in [-0.3, -0.25) is 0 Å². The molecule has 0 aliphatic carbocycles. The monoisotopic (exact) mass is 215 g/mol. The molecule has 0 rings (SSSR count). The molecule has 2 heteroatoms. The fourth-order valence-corrected chi connectivity index (χ4v) is 1.83. The van der Waals surface area contributed by atoms with Gasteiger partial charge in [0.25, 0.3) is 0 Å². The highest BCUT2D eigenvalue weighted by atomic mass is 16.3. The average molecular weight is 215 g/mol. The van der Waals surface area contributed by atoms with Crippen molar-refractivity contribution in [3.63, 3.8) is 0 Å². The number of hydrogen-bond acceptors (Lipinski definition) is 2. The van der Waals surface area contributed by atoms with Crippen LogP contribution >= 0.6 is 0 Å². The first-order valence-electron chi connectivity index (χ1n) is 6.69. The zero-order valence-corrected chi connectivity index (χ0v) is 10.6. The molecule has 15 heavy (non-hydrogen) atoms. The summed E-state index contributed by atoms with van der Waals surface area (Å²) >= 11 is 0. The SMILES string of the molecule is CCCCCCCC(CC)NCCCO. The molecule has 1 atom stereocenters. The Labute approximate surface area is 95.5 Å². The van der Waals surface area contributed by atoms with Crippen molar-refractivity contribution in [1.29, 1.82) is 0 Å². The zero-order valence-electron chi connectivity index (χ0n) is 10.6. The normalized spacial score (nSPS) is 13.0. The van der Waals surface area contributed by atoms with Gasteiger partial charge in [-0.2, -0.15) is 0 Å². The predicted molar refractivity (Wildman–Crippen MR) is 67.2 cm³/mol. The van der Waals surface area contributed by atoms with E-state index in [1.54, 1.807) is 0 Å². The van der Waals surface area contributed by atoms with Gasteiger partial charge in [-0.05, 0) is 25.8 Å². The van der Waals surface area contributed by atoms with E-state index in [4.69, 9.17) is 5.11 Å². The van der Waals surface area contributed by atoms with Crippen molar-refractivity contribution in [2.45, 2.75) is 71.3 Å². The van der Waals surface area contributed by atoms with E-state index in [9.17, 15) is 0 Å². The highest BCUT2D eigenvalue weighted by molar-refractivity contribution is 4.64. The molecule has 1 unspecified atom stereocenters. The van der Waals surface area contributed by atoms with E-state index in [1.165, 1.54) is 44.9 Å². The zero-order chi connectivity index (χ0) is 11.4. The predicted octanol–water partition coefficient (Wildman–Crippen LogP) is 3.10. The van der Waals surface area contributed by atoms with Gasteiger partial charge in [0.2, 0.25) is 0 Å². The highest BCUT2D eigenvalue weighted by Crippen LogP contribution is 2.08. The highest BCUT2D eigenvalue weighted by Gasteiger charge is 2.03. The van der Waals surface area contributed by atoms with Crippen LogP contribution < -0.4 is 5.32 Å². The van der Waals surface area contributed by atoms with E-state index in [-0.39, 0.29) is 0 Å². The standard InChI is InChI=1S/C13H29NO/c1-3-5-6-7-8-10-13(4-2)14-11-9-12-15/h13-15H,3-12H2,1-2H3. The van der Waals surface area contributed by atoms with Gasteiger partial charge in [0.15, 0.2) is 0 Å². The lowest BCUT2D eigenvalue weighted by Crippen LogP contribution is -2.29. The largest absolute Gasteiger partial charge is 0.396 e. The Kier molecular flexibility index (Phi) is 11.9. The van der Waals surface area contributed by atoms with Gasteiger partial charge < -0.3 is 10.4 Å². The molecular formula is C13H29NO. The van der Waals surface area contributed by atoms with E-state index >= 15 is 0 Å². The Balaban J connectivity index is 3.28. The Morgan fingerprint density at radius 3 is 2.33 bits per heavy atom. The molecule has 0 aromatic rings. The van der Waals surface area contributed by atoms with Crippen LogP contribution in [0.2, 0.25) is 0 Å². The number of unbranched alkanes of at least 4 members (excludes halogenated alkanes) is 4. The molecular weight excluding hydrogens is 186 g/mol. The number of nitrogens with one attached hydrogen (secondary N) is 1. The second kappa shape index (κ2) is 12.0. The van der Waals surface area contributed by atoms with Crippen molar-refractivity contribution in [3.8, 4) is 0 Å². The molecule has 92 valence electrons. The molecule has 0 aromatic heterocycles. The maximum atomic E-state index is 8.69. The molecule has 0 heterocycles. The third-order valence-electron chi connectivity index (χ3n) is 2.92. The Hall–Kier alpha value is -0.0800.